The van der Waals surface area contributed by atoms with Gasteiger partial charge in [-0.2, -0.15) is 16.6 Å². The van der Waals surface area contributed by atoms with Crippen molar-refractivity contribution in [2.45, 2.75) is 6.54 Å². The molecule has 0 aromatic carbocycles. The van der Waals surface area contributed by atoms with E-state index in [1.165, 1.54) is 11.8 Å². The first-order valence-corrected chi connectivity index (χ1v) is 5.68. The summed E-state index contributed by atoms with van der Waals surface area (Å²) < 4.78 is 0. The summed E-state index contributed by atoms with van der Waals surface area (Å²) in [5.74, 6) is 0.769. The molecule has 0 aliphatic rings. The Labute approximate surface area is 97.8 Å². The van der Waals surface area contributed by atoms with Crippen molar-refractivity contribution in [3.8, 4) is 6.07 Å². The normalized spacial score (nSPS) is 9.75. The first-order chi connectivity index (χ1) is 7.79. The van der Waals surface area contributed by atoms with Crippen LogP contribution < -0.4 is 4.90 Å². The molecule has 0 unspecified atom stereocenters. The zero-order valence-electron chi connectivity index (χ0n) is 8.79. The fraction of sp³-hybridized carbons (Fsp3) is 0.182. The van der Waals surface area contributed by atoms with E-state index in [4.69, 9.17) is 5.26 Å². The molecule has 0 spiro atoms. The third kappa shape index (κ3) is 2.35. The minimum absolute atomic E-state index is 0.340. The Kier molecular flexibility index (Phi) is 3.13. The van der Waals surface area contributed by atoms with Crippen LogP contribution in [0.4, 0.5) is 5.82 Å². The van der Waals surface area contributed by atoms with E-state index < -0.39 is 0 Å². The molecule has 0 radical (unpaired) electrons. The lowest BCUT2D eigenvalue weighted by Crippen LogP contribution is -2.17. The quantitative estimate of drug-likeness (QED) is 0.809. The molecule has 2 aromatic rings. The summed E-state index contributed by atoms with van der Waals surface area (Å²) >= 11 is 1.68. The molecule has 0 saturated carbocycles. The van der Waals surface area contributed by atoms with Crippen molar-refractivity contribution in [1.82, 2.24) is 9.97 Å². The Morgan fingerprint density at radius 2 is 2.31 bits per heavy atom. The summed E-state index contributed by atoms with van der Waals surface area (Å²) in [6, 6.07) is 4.03. The highest BCUT2D eigenvalue weighted by atomic mass is 32.1. The van der Waals surface area contributed by atoms with Crippen LogP contribution in [-0.4, -0.2) is 17.0 Å². The average Bonchev–Trinajstić information content (AvgIpc) is 2.82. The molecule has 0 aliphatic carbocycles. The van der Waals surface area contributed by atoms with Crippen molar-refractivity contribution in [3.05, 3.63) is 40.5 Å². The lowest BCUT2D eigenvalue weighted by atomic mass is 10.3. The van der Waals surface area contributed by atoms with Crippen LogP contribution in [0.1, 0.15) is 11.3 Å². The Morgan fingerprint density at radius 1 is 1.44 bits per heavy atom. The number of rotatable bonds is 3. The Hall–Kier alpha value is -1.93. The van der Waals surface area contributed by atoms with Gasteiger partial charge in [-0.1, -0.05) is 0 Å². The van der Waals surface area contributed by atoms with Crippen LogP contribution in [-0.2, 0) is 6.54 Å². The van der Waals surface area contributed by atoms with E-state index >= 15 is 0 Å². The zero-order chi connectivity index (χ0) is 11.4. The van der Waals surface area contributed by atoms with Gasteiger partial charge >= 0.3 is 0 Å². The van der Waals surface area contributed by atoms with Gasteiger partial charge in [0.05, 0.1) is 12.4 Å². The van der Waals surface area contributed by atoms with Crippen LogP contribution in [0.15, 0.2) is 29.2 Å². The number of anilines is 1. The van der Waals surface area contributed by atoms with E-state index in [1.54, 1.807) is 17.5 Å². The predicted molar refractivity (Wildman–Crippen MR) is 63.2 cm³/mol. The van der Waals surface area contributed by atoms with Gasteiger partial charge in [-0.15, -0.1) is 0 Å². The molecule has 16 heavy (non-hydrogen) atoms. The van der Waals surface area contributed by atoms with Crippen molar-refractivity contribution in [3.63, 3.8) is 0 Å². The SMILES string of the molecule is CN(Cc1ccsc1)c1cnc(C#N)cn1. The molecular weight excluding hydrogens is 220 g/mol. The molecule has 0 bridgehead atoms. The number of nitrogens with zero attached hydrogens (tertiary/aromatic N) is 4. The summed E-state index contributed by atoms with van der Waals surface area (Å²) in [7, 11) is 1.95. The van der Waals surface area contributed by atoms with Crippen LogP contribution in [0.5, 0.6) is 0 Å². The maximum Gasteiger partial charge on any atom is 0.158 e. The van der Waals surface area contributed by atoms with Crippen LogP contribution in [0.3, 0.4) is 0 Å². The molecule has 80 valence electrons. The average molecular weight is 230 g/mol. The Bertz CT molecular complexity index is 484. The maximum absolute atomic E-state index is 8.61. The summed E-state index contributed by atoms with van der Waals surface area (Å²) in [6.07, 6.45) is 3.10. The molecule has 0 aliphatic heterocycles. The number of aromatic nitrogens is 2. The van der Waals surface area contributed by atoms with Crippen molar-refractivity contribution in [2.24, 2.45) is 0 Å². The fourth-order valence-electron chi connectivity index (χ4n) is 1.31. The van der Waals surface area contributed by atoms with E-state index in [0.717, 1.165) is 12.4 Å². The van der Waals surface area contributed by atoms with E-state index in [2.05, 4.69) is 21.4 Å². The molecule has 2 rings (SSSR count). The summed E-state index contributed by atoms with van der Waals surface area (Å²) in [4.78, 5) is 10.2. The van der Waals surface area contributed by atoms with Gasteiger partial charge in [-0.3, -0.25) is 0 Å². The third-order valence-corrected chi connectivity index (χ3v) is 2.88. The molecule has 0 fully saturated rings. The van der Waals surface area contributed by atoms with Gasteiger partial charge in [0, 0.05) is 13.6 Å². The Morgan fingerprint density at radius 3 is 2.88 bits per heavy atom. The summed E-state index contributed by atoms with van der Waals surface area (Å²) in [5, 5.41) is 12.8. The van der Waals surface area contributed by atoms with Gasteiger partial charge in [0.15, 0.2) is 5.69 Å². The second kappa shape index (κ2) is 4.73. The van der Waals surface area contributed by atoms with E-state index in [1.807, 2.05) is 23.4 Å². The molecule has 0 N–H and O–H groups in total. The number of hydrogen-bond donors (Lipinski definition) is 0. The lowest BCUT2D eigenvalue weighted by molar-refractivity contribution is 0.892. The van der Waals surface area contributed by atoms with Gasteiger partial charge in [-0.25, -0.2) is 9.97 Å². The van der Waals surface area contributed by atoms with Crippen LogP contribution in [0.25, 0.3) is 0 Å². The minimum atomic E-state index is 0.340. The standard InChI is InChI=1S/C11H10N4S/c1-15(7-9-2-3-16-8-9)11-6-13-10(4-12)5-14-11/h2-3,5-6,8H,7H2,1H3. The van der Waals surface area contributed by atoms with Crippen molar-refractivity contribution >= 4 is 17.2 Å². The van der Waals surface area contributed by atoms with Gasteiger partial charge in [0.25, 0.3) is 0 Å². The summed E-state index contributed by atoms with van der Waals surface area (Å²) in [6.45, 7) is 0.796. The smallest absolute Gasteiger partial charge is 0.158 e. The van der Waals surface area contributed by atoms with Crippen molar-refractivity contribution in [2.75, 3.05) is 11.9 Å². The highest BCUT2D eigenvalue weighted by Crippen LogP contribution is 2.13. The molecular formula is C11H10N4S. The van der Waals surface area contributed by atoms with Gasteiger partial charge in [0.1, 0.15) is 11.9 Å². The number of nitriles is 1. The van der Waals surface area contributed by atoms with Crippen molar-refractivity contribution < 1.29 is 0 Å². The molecule has 0 atom stereocenters. The van der Waals surface area contributed by atoms with Crippen LogP contribution in [0, 0.1) is 11.3 Å². The maximum atomic E-state index is 8.61. The number of thiophene rings is 1. The zero-order valence-corrected chi connectivity index (χ0v) is 9.61. The number of hydrogen-bond acceptors (Lipinski definition) is 5. The fourth-order valence-corrected chi connectivity index (χ4v) is 1.97. The molecule has 4 nitrogen and oxygen atoms in total. The topological polar surface area (TPSA) is 52.8 Å². The molecule has 2 aromatic heterocycles. The van der Waals surface area contributed by atoms with E-state index in [9.17, 15) is 0 Å². The minimum Gasteiger partial charge on any atom is -0.354 e. The lowest BCUT2D eigenvalue weighted by Gasteiger charge is -2.16. The monoisotopic (exact) mass is 230 g/mol. The van der Waals surface area contributed by atoms with Crippen molar-refractivity contribution in [1.29, 1.82) is 5.26 Å². The van der Waals surface area contributed by atoms with Crippen LogP contribution in [0.2, 0.25) is 0 Å². The molecule has 0 amide bonds. The second-order valence-corrected chi connectivity index (χ2v) is 4.14. The van der Waals surface area contributed by atoms with Gasteiger partial charge < -0.3 is 4.90 Å². The Balaban J connectivity index is 2.09. The second-order valence-electron chi connectivity index (χ2n) is 3.36. The predicted octanol–water partition coefficient (Wildman–Crippen LogP) is 2.05. The van der Waals surface area contributed by atoms with E-state index in [-0.39, 0.29) is 0 Å². The molecule has 2 heterocycles. The highest BCUT2D eigenvalue weighted by Gasteiger charge is 2.04. The van der Waals surface area contributed by atoms with Gasteiger partial charge in [-0.05, 0) is 22.4 Å². The first kappa shape index (κ1) is 10.6. The third-order valence-electron chi connectivity index (χ3n) is 2.14. The highest BCUT2D eigenvalue weighted by molar-refractivity contribution is 7.07. The molecule has 0 saturated heterocycles. The summed E-state index contributed by atoms with van der Waals surface area (Å²) in [5.41, 5.74) is 1.59. The van der Waals surface area contributed by atoms with E-state index in [0.29, 0.717) is 5.69 Å². The van der Waals surface area contributed by atoms with Gasteiger partial charge in [0.2, 0.25) is 0 Å². The first-order valence-electron chi connectivity index (χ1n) is 4.74. The largest absolute Gasteiger partial charge is 0.354 e. The van der Waals surface area contributed by atoms with Crippen LogP contribution >= 0.6 is 11.3 Å². The molecule has 5 heteroatoms.